The van der Waals surface area contributed by atoms with Gasteiger partial charge in [-0.1, -0.05) is 27.7 Å². The minimum atomic E-state index is 0.569. The summed E-state index contributed by atoms with van der Waals surface area (Å²) in [5.41, 5.74) is 0. The molecule has 0 saturated carbocycles. The Bertz CT molecular complexity index is 342. The summed E-state index contributed by atoms with van der Waals surface area (Å²) in [7, 11) is 3.68. The van der Waals surface area contributed by atoms with Crippen molar-refractivity contribution < 1.29 is 4.74 Å². The standard InChI is InChI=1S/C18H38N4O/c1-7-21(8-2)17(11-15(3)4)12-20-18(19-5)22-10-9-16(13-22)14-23-6/h15-17H,7-14H2,1-6H3,(H,19,20). The summed E-state index contributed by atoms with van der Waals surface area (Å²) in [6, 6.07) is 0.569. The molecule has 0 radical (unpaired) electrons. The van der Waals surface area contributed by atoms with Gasteiger partial charge in [-0.05, 0) is 31.8 Å². The van der Waals surface area contributed by atoms with E-state index >= 15 is 0 Å². The van der Waals surface area contributed by atoms with Gasteiger partial charge in [-0.3, -0.25) is 9.89 Å². The molecule has 5 nitrogen and oxygen atoms in total. The maximum absolute atomic E-state index is 5.30. The molecular weight excluding hydrogens is 288 g/mol. The zero-order chi connectivity index (χ0) is 17.2. The van der Waals surface area contributed by atoms with Crippen molar-refractivity contribution in [3.8, 4) is 0 Å². The van der Waals surface area contributed by atoms with Gasteiger partial charge in [0.25, 0.3) is 0 Å². The lowest BCUT2D eigenvalue weighted by Gasteiger charge is -2.32. The lowest BCUT2D eigenvalue weighted by Crippen LogP contribution is -2.48. The molecule has 1 aliphatic heterocycles. The number of guanidine groups is 1. The highest BCUT2D eigenvalue weighted by molar-refractivity contribution is 5.80. The Morgan fingerprint density at radius 1 is 1.35 bits per heavy atom. The molecule has 5 heteroatoms. The van der Waals surface area contributed by atoms with Gasteiger partial charge in [-0.15, -0.1) is 0 Å². The predicted molar refractivity (Wildman–Crippen MR) is 99.1 cm³/mol. The SMILES string of the molecule is CCN(CC)C(CNC(=NC)N1CCC(COC)C1)CC(C)C. The van der Waals surface area contributed by atoms with Crippen molar-refractivity contribution >= 4 is 5.96 Å². The molecule has 23 heavy (non-hydrogen) atoms. The van der Waals surface area contributed by atoms with Crippen LogP contribution in [0.2, 0.25) is 0 Å². The molecular formula is C18H38N4O. The van der Waals surface area contributed by atoms with Crippen molar-refractivity contribution in [2.24, 2.45) is 16.8 Å². The average molecular weight is 327 g/mol. The van der Waals surface area contributed by atoms with Crippen LogP contribution < -0.4 is 5.32 Å². The first-order valence-corrected chi connectivity index (χ1v) is 9.24. The van der Waals surface area contributed by atoms with E-state index in [1.54, 1.807) is 7.11 Å². The number of likely N-dealkylation sites (tertiary alicyclic amines) is 1. The van der Waals surface area contributed by atoms with Crippen LogP contribution in [0.4, 0.5) is 0 Å². The Balaban J connectivity index is 2.56. The zero-order valence-corrected chi connectivity index (χ0v) is 16.1. The van der Waals surface area contributed by atoms with E-state index in [9.17, 15) is 0 Å². The molecule has 136 valence electrons. The molecule has 2 atom stereocenters. The lowest BCUT2D eigenvalue weighted by molar-refractivity contribution is 0.157. The number of nitrogens with zero attached hydrogens (tertiary/aromatic N) is 3. The van der Waals surface area contributed by atoms with Gasteiger partial charge in [-0.2, -0.15) is 0 Å². The number of hydrogen-bond acceptors (Lipinski definition) is 3. The predicted octanol–water partition coefficient (Wildman–Crippen LogP) is 2.29. The van der Waals surface area contributed by atoms with Crippen molar-refractivity contribution in [3.05, 3.63) is 0 Å². The molecule has 0 aliphatic carbocycles. The van der Waals surface area contributed by atoms with Crippen molar-refractivity contribution in [2.45, 2.75) is 46.6 Å². The van der Waals surface area contributed by atoms with E-state index in [1.807, 2.05) is 7.05 Å². The summed E-state index contributed by atoms with van der Waals surface area (Å²) in [5, 5.41) is 3.62. The molecule has 1 rings (SSSR count). The van der Waals surface area contributed by atoms with Gasteiger partial charge in [0.1, 0.15) is 0 Å². The molecule has 0 aromatic carbocycles. The highest BCUT2D eigenvalue weighted by atomic mass is 16.5. The molecule has 1 saturated heterocycles. The Morgan fingerprint density at radius 3 is 2.57 bits per heavy atom. The third-order valence-corrected chi connectivity index (χ3v) is 4.77. The molecule has 1 aliphatic rings. The molecule has 2 unspecified atom stereocenters. The highest BCUT2D eigenvalue weighted by Gasteiger charge is 2.25. The summed E-state index contributed by atoms with van der Waals surface area (Å²) >= 11 is 0. The van der Waals surface area contributed by atoms with E-state index in [2.05, 4.69) is 47.8 Å². The number of aliphatic imine (C=N–C) groups is 1. The minimum absolute atomic E-state index is 0.569. The largest absolute Gasteiger partial charge is 0.384 e. The van der Waals surface area contributed by atoms with Crippen LogP contribution >= 0.6 is 0 Å². The molecule has 0 aromatic heterocycles. The van der Waals surface area contributed by atoms with Crippen LogP contribution in [0.1, 0.15) is 40.5 Å². The third-order valence-electron chi connectivity index (χ3n) is 4.77. The van der Waals surface area contributed by atoms with E-state index < -0.39 is 0 Å². The van der Waals surface area contributed by atoms with E-state index in [1.165, 1.54) is 12.8 Å². The number of nitrogens with one attached hydrogen (secondary N) is 1. The van der Waals surface area contributed by atoms with Crippen LogP contribution in [0, 0.1) is 11.8 Å². The third kappa shape index (κ3) is 6.68. The summed E-state index contributed by atoms with van der Waals surface area (Å²) < 4.78 is 5.30. The van der Waals surface area contributed by atoms with Crippen molar-refractivity contribution in [1.82, 2.24) is 15.1 Å². The zero-order valence-electron chi connectivity index (χ0n) is 16.1. The van der Waals surface area contributed by atoms with Crippen molar-refractivity contribution in [3.63, 3.8) is 0 Å². The van der Waals surface area contributed by atoms with E-state index in [-0.39, 0.29) is 0 Å². The number of rotatable bonds is 9. The summed E-state index contributed by atoms with van der Waals surface area (Å²) in [6.07, 6.45) is 2.41. The maximum atomic E-state index is 5.30. The smallest absolute Gasteiger partial charge is 0.193 e. The van der Waals surface area contributed by atoms with Gasteiger partial charge in [0.2, 0.25) is 0 Å². The Labute approximate surface area is 143 Å². The fourth-order valence-corrected chi connectivity index (χ4v) is 3.58. The van der Waals surface area contributed by atoms with Gasteiger partial charge in [0.15, 0.2) is 5.96 Å². The maximum Gasteiger partial charge on any atom is 0.193 e. The van der Waals surface area contributed by atoms with Crippen LogP contribution in [0.5, 0.6) is 0 Å². The monoisotopic (exact) mass is 326 g/mol. The fourth-order valence-electron chi connectivity index (χ4n) is 3.58. The Morgan fingerprint density at radius 2 is 2.04 bits per heavy atom. The quantitative estimate of drug-likeness (QED) is 0.521. The van der Waals surface area contributed by atoms with Crippen LogP contribution in [-0.4, -0.2) is 75.3 Å². The second-order valence-electron chi connectivity index (χ2n) is 6.99. The minimum Gasteiger partial charge on any atom is -0.384 e. The van der Waals surface area contributed by atoms with Crippen LogP contribution in [-0.2, 0) is 4.74 Å². The van der Waals surface area contributed by atoms with Crippen LogP contribution in [0.3, 0.4) is 0 Å². The molecule has 0 spiro atoms. The van der Waals surface area contributed by atoms with Gasteiger partial charge in [-0.25, -0.2) is 0 Å². The van der Waals surface area contributed by atoms with Gasteiger partial charge < -0.3 is 15.0 Å². The van der Waals surface area contributed by atoms with Gasteiger partial charge in [0, 0.05) is 45.8 Å². The van der Waals surface area contributed by atoms with E-state index in [0.29, 0.717) is 17.9 Å². The summed E-state index contributed by atoms with van der Waals surface area (Å²) in [4.78, 5) is 9.43. The molecule has 0 aromatic rings. The Kier molecular flexibility index (Phi) is 9.56. The Hall–Kier alpha value is -0.810. The van der Waals surface area contributed by atoms with Crippen molar-refractivity contribution in [2.75, 3.05) is 53.5 Å². The second-order valence-corrected chi connectivity index (χ2v) is 6.99. The molecule has 1 N–H and O–H groups in total. The molecule has 1 fully saturated rings. The summed E-state index contributed by atoms with van der Waals surface area (Å²) in [5.74, 6) is 2.39. The topological polar surface area (TPSA) is 40.1 Å². The fraction of sp³-hybridized carbons (Fsp3) is 0.944. The first-order valence-electron chi connectivity index (χ1n) is 9.24. The van der Waals surface area contributed by atoms with Gasteiger partial charge in [0.05, 0.1) is 6.61 Å². The van der Waals surface area contributed by atoms with Crippen molar-refractivity contribution in [1.29, 1.82) is 0 Å². The number of methoxy groups -OCH3 is 1. The average Bonchev–Trinajstić information content (AvgIpc) is 2.97. The number of ether oxygens (including phenoxy) is 1. The second kappa shape index (κ2) is 10.9. The normalized spacial score (nSPS) is 20.6. The van der Waals surface area contributed by atoms with E-state index in [0.717, 1.165) is 45.3 Å². The summed E-state index contributed by atoms with van der Waals surface area (Å²) in [6.45, 7) is 15.3. The lowest BCUT2D eigenvalue weighted by atomic mass is 10.0. The first-order chi connectivity index (χ1) is 11.0. The van der Waals surface area contributed by atoms with Crippen LogP contribution in [0.15, 0.2) is 4.99 Å². The highest BCUT2D eigenvalue weighted by Crippen LogP contribution is 2.17. The first kappa shape index (κ1) is 20.2. The molecule has 0 bridgehead atoms. The number of hydrogen-bond donors (Lipinski definition) is 1. The van der Waals surface area contributed by atoms with Crippen LogP contribution in [0.25, 0.3) is 0 Å². The number of likely N-dealkylation sites (N-methyl/N-ethyl adjacent to an activating group) is 1. The molecule has 0 amide bonds. The van der Waals surface area contributed by atoms with Gasteiger partial charge >= 0.3 is 0 Å². The molecule has 1 heterocycles. The van der Waals surface area contributed by atoms with E-state index in [4.69, 9.17) is 4.74 Å².